The Labute approximate surface area is 132 Å². The van der Waals surface area contributed by atoms with E-state index in [-0.39, 0.29) is 12.3 Å². The maximum Gasteiger partial charge on any atom is 0.358 e. The van der Waals surface area contributed by atoms with Gasteiger partial charge in [0.1, 0.15) is 0 Å². The summed E-state index contributed by atoms with van der Waals surface area (Å²) in [5, 5.41) is 16.7. The molecule has 0 spiro atoms. The summed E-state index contributed by atoms with van der Waals surface area (Å²) >= 11 is 1.34. The van der Waals surface area contributed by atoms with E-state index in [9.17, 15) is 4.79 Å². The monoisotopic (exact) mass is 322 g/mol. The van der Waals surface area contributed by atoms with Crippen molar-refractivity contribution in [1.82, 2.24) is 25.2 Å². The molecule has 0 amide bonds. The van der Waals surface area contributed by atoms with Crippen molar-refractivity contribution in [2.45, 2.75) is 32.9 Å². The first-order valence-corrected chi connectivity index (χ1v) is 7.85. The molecular formula is C13H18N6O2S. The molecule has 0 saturated heterocycles. The molecule has 2 aromatic rings. The van der Waals surface area contributed by atoms with E-state index < -0.39 is 5.97 Å². The van der Waals surface area contributed by atoms with Gasteiger partial charge in [0.15, 0.2) is 23.3 Å². The first kappa shape index (κ1) is 16.1. The van der Waals surface area contributed by atoms with Crippen LogP contribution >= 0.6 is 11.3 Å². The molecule has 2 rings (SSSR count). The van der Waals surface area contributed by atoms with E-state index in [0.717, 1.165) is 12.8 Å². The average Bonchev–Trinajstić information content (AvgIpc) is 3.17. The molecule has 22 heavy (non-hydrogen) atoms. The van der Waals surface area contributed by atoms with Crippen LogP contribution in [0.2, 0.25) is 0 Å². The lowest BCUT2D eigenvalue weighted by molar-refractivity contribution is 0.0450. The van der Waals surface area contributed by atoms with Crippen molar-refractivity contribution in [3.8, 4) is 0 Å². The Morgan fingerprint density at radius 2 is 2.45 bits per heavy atom. The van der Waals surface area contributed by atoms with Crippen LogP contribution in [0.5, 0.6) is 0 Å². The Morgan fingerprint density at radius 1 is 1.59 bits per heavy atom. The van der Waals surface area contributed by atoms with Gasteiger partial charge in [0, 0.05) is 18.5 Å². The number of thiazole rings is 1. The minimum absolute atomic E-state index is 0.0303. The summed E-state index contributed by atoms with van der Waals surface area (Å²) in [6.07, 6.45) is 3.73. The van der Waals surface area contributed by atoms with Crippen molar-refractivity contribution < 1.29 is 9.53 Å². The first-order chi connectivity index (χ1) is 10.7. The summed E-state index contributed by atoms with van der Waals surface area (Å²) in [6, 6.07) is 0. The highest BCUT2D eigenvalue weighted by molar-refractivity contribution is 7.13. The predicted octanol–water partition coefficient (Wildman–Crippen LogP) is 1.88. The quantitative estimate of drug-likeness (QED) is 0.556. The second kappa shape index (κ2) is 8.23. The van der Waals surface area contributed by atoms with Gasteiger partial charge < -0.3 is 10.1 Å². The number of carbonyl (C=O) groups excluding carboxylic acids is 1. The summed E-state index contributed by atoms with van der Waals surface area (Å²) in [5.74, 6) is 0.0370. The van der Waals surface area contributed by atoms with Crippen molar-refractivity contribution in [2.75, 3.05) is 11.9 Å². The minimum atomic E-state index is -0.493. The van der Waals surface area contributed by atoms with E-state index in [4.69, 9.17) is 4.74 Å². The fraction of sp³-hybridized carbons (Fsp3) is 0.462. The van der Waals surface area contributed by atoms with Crippen LogP contribution in [-0.4, -0.2) is 37.7 Å². The molecule has 2 heterocycles. The number of hydrogen-bond donors (Lipinski definition) is 1. The molecule has 0 atom stereocenters. The number of ether oxygens (including phenoxy) is 1. The highest BCUT2D eigenvalue weighted by atomic mass is 32.1. The molecule has 0 bridgehead atoms. The second-order valence-electron chi connectivity index (χ2n) is 4.46. The largest absolute Gasteiger partial charge is 0.453 e. The fourth-order valence-corrected chi connectivity index (χ4v) is 2.31. The molecule has 0 fully saturated rings. The van der Waals surface area contributed by atoms with Crippen LogP contribution in [0.3, 0.4) is 0 Å². The molecular weight excluding hydrogens is 304 g/mol. The first-order valence-electron chi connectivity index (χ1n) is 6.97. The summed E-state index contributed by atoms with van der Waals surface area (Å²) in [7, 11) is 0. The SMILES string of the molecule is C=CCNc1nc(C(=O)OCc2nnnn2CCCC)cs1. The zero-order valence-corrected chi connectivity index (χ0v) is 13.2. The zero-order chi connectivity index (χ0) is 15.8. The molecule has 8 nitrogen and oxygen atoms in total. The number of esters is 1. The van der Waals surface area contributed by atoms with Crippen LogP contribution < -0.4 is 5.32 Å². The number of anilines is 1. The van der Waals surface area contributed by atoms with Gasteiger partial charge in [-0.15, -0.1) is 23.0 Å². The molecule has 0 aromatic carbocycles. The molecule has 0 aliphatic rings. The van der Waals surface area contributed by atoms with Crippen molar-refractivity contribution >= 4 is 22.4 Å². The van der Waals surface area contributed by atoms with Crippen LogP contribution in [-0.2, 0) is 17.9 Å². The summed E-state index contributed by atoms with van der Waals surface area (Å²) in [6.45, 7) is 7.03. The molecule has 9 heteroatoms. The number of nitrogens with zero attached hydrogens (tertiary/aromatic N) is 5. The molecule has 118 valence electrons. The summed E-state index contributed by atoms with van der Waals surface area (Å²) in [4.78, 5) is 16.1. The Morgan fingerprint density at radius 3 is 3.23 bits per heavy atom. The van der Waals surface area contributed by atoms with Gasteiger partial charge in [-0.2, -0.15) is 0 Å². The predicted molar refractivity (Wildman–Crippen MR) is 82.6 cm³/mol. The van der Waals surface area contributed by atoms with Gasteiger partial charge in [-0.1, -0.05) is 19.4 Å². The van der Waals surface area contributed by atoms with Crippen molar-refractivity contribution in [2.24, 2.45) is 0 Å². The van der Waals surface area contributed by atoms with E-state index in [0.29, 0.717) is 24.0 Å². The fourth-order valence-electron chi connectivity index (χ4n) is 1.62. The average molecular weight is 322 g/mol. The van der Waals surface area contributed by atoms with E-state index >= 15 is 0 Å². The Hall–Kier alpha value is -2.29. The van der Waals surface area contributed by atoms with Crippen molar-refractivity contribution in [1.29, 1.82) is 0 Å². The van der Waals surface area contributed by atoms with Crippen LogP contribution in [0.15, 0.2) is 18.0 Å². The van der Waals surface area contributed by atoms with E-state index in [1.807, 2.05) is 0 Å². The lowest BCUT2D eigenvalue weighted by Crippen LogP contribution is -2.11. The number of aromatic nitrogens is 5. The van der Waals surface area contributed by atoms with E-state index in [1.54, 1.807) is 16.1 Å². The third-order valence-corrected chi connectivity index (χ3v) is 3.57. The highest BCUT2D eigenvalue weighted by Gasteiger charge is 2.14. The standard InChI is InChI=1S/C13H18N6O2S/c1-3-5-7-19-11(16-17-18-19)8-21-12(20)10-9-22-13(15-10)14-6-4-2/h4,9H,2-3,5-8H2,1H3,(H,14,15). The molecule has 1 N–H and O–H groups in total. The molecule has 0 saturated carbocycles. The lowest BCUT2D eigenvalue weighted by Gasteiger charge is -2.04. The number of hydrogen-bond acceptors (Lipinski definition) is 8. The van der Waals surface area contributed by atoms with Gasteiger partial charge in [-0.3, -0.25) is 0 Å². The number of nitrogens with one attached hydrogen (secondary N) is 1. The summed E-state index contributed by atoms with van der Waals surface area (Å²) < 4.78 is 6.85. The molecule has 2 aromatic heterocycles. The Bertz CT molecular complexity index is 624. The maximum atomic E-state index is 11.9. The summed E-state index contributed by atoms with van der Waals surface area (Å²) in [5.41, 5.74) is 0.268. The van der Waals surface area contributed by atoms with Gasteiger partial charge in [0.25, 0.3) is 0 Å². The van der Waals surface area contributed by atoms with Crippen molar-refractivity contribution in [3.63, 3.8) is 0 Å². The molecule has 0 aliphatic carbocycles. The van der Waals surface area contributed by atoms with Gasteiger partial charge >= 0.3 is 5.97 Å². The minimum Gasteiger partial charge on any atom is -0.453 e. The number of aryl methyl sites for hydroxylation is 1. The van der Waals surface area contributed by atoms with Crippen LogP contribution in [0.4, 0.5) is 5.13 Å². The molecule has 0 aliphatic heterocycles. The van der Waals surface area contributed by atoms with Crippen LogP contribution in [0.25, 0.3) is 0 Å². The Balaban J connectivity index is 1.88. The van der Waals surface area contributed by atoms with E-state index in [1.165, 1.54) is 11.3 Å². The van der Waals surface area contributed by atoms with Gasteiger partial charge in [-0.25, -0.2) is 14.5 Å². The highest BCUT2D eigenvalue weighted by Crippen LogP contribution is 2.16. The number of carbonyl (C=O) groups is 1. The molecule has 0 unspecified atom stereocenters. The third-order valence-electron chi connectivity index (χ3n) is 2.77. The smallest absolute Gasteiger partial charge is 0.358 e. The topological polar surface area (TPSA) is 94.8 Å². The van der Waals surface area contributed by atoms with Crippen LogP contribution in [0, 0.1) is 0 Å². The van der Waals surface area contributed by atoms with Gasteiger partial charge in [-0.05, 0) is 16.8 Å². The third kappa shape index (κ3) is 4.35. The van der Waals surface area contributed by atoms with Crippen molar-refractivity contribution in [3.05, 3.63) is 29.6 Å². The van der Waals surface area contributed by atoms with Crippen LogP contribution in [0.1, 0.15) is 36.1 Å². The lowest BCUT2D eigenvalue weighted by atomic mass is 10.3. The number of unbranched alkanes of at least 4 members (excludes halogenated alkanes) is 1. The second-order valence-corrected chi connectivity index (χ2v) is 5.31. The maximum absolute atomic E-state index is 11.9. The number of rotatable bonds is 9. The molecule has 0 radical (unpaired) electrons. The Kier molecular flexibility index (Phi) is 6.01. The van der Waals surface area contributed by atoms with Gasteiger partial charge in [0.2, 0.25) is 0 Å². The van der Waals surface area contributed by atoms with E-state index in [2.05, 4.69) is 39.3 Å². The number of tetrazole rings is 1. The zero-order valence-electron chi connectivity index (χ0n) is 12.4. The normalized spacial score (nSPS) is 10.4. The van der Waals surface area contributed by atoms with Gasteiger partial charge in [0.05, 0.1) is 0 Å².